The van der Waals surface area contributed by atoms with Crippen molar-refractivity contribution in [2.75, 3.05) is 13.2 Å². The van der Waals surface area contributed by atoms with Crippen LogP contribution in [0.5, 0.6) is 0 Å². The quantitative estimate of drug-likeness (QED) is 0.630. The normalized spacial score (nSPS) is 57.0. The summed E-state index contributed by atoms with van der Waals surface area (Å²) in [5.74, 6) is 0.321. The Balaban J connectivity index is 1.85. The van der Waals surface area contributed by atoms with Gasteiger partial charge < -0.3 is 14.6 Å². The van der Waals surface area contributed by atoms with E-state index in [2.05, 4.69) is 6.92 Å². The number of rotatable bonds is 0. The SMILES string of the molecule is C[C@@]12CCC[C@H](O)[C@@H]1[C@@H]1OCCO[C@H]12. The largest absolute Gasteiger partial charge is 0.393 e. The first kappa shape index (κ1) is 9.13. The van der Waals surface area contributed by atoms with Gasteiger partial charge in [-0.15, -0.1) is 0 Å². The molecule has 0 aromatic heterocycles. The molecule has 5 atom stereocenters. The molecule has 0 radical (unpaired) electrons. The van der Waals surface area contributed by atoms with Gasteiger partial charge in [0.2, 0.25) is 0 Å². The number of hydrogen-bond acceptors (Lipinski definition) is 3. The maximum absolute atomic E-state index is 9.97. The molecule has 3 heteroatoms. The first-order chi connectivity index (χ1) is 6.73. The van der Waals surface area contributed by atoms with E-state index in [9.17, 15) is 5.11 Å². The summed E-state index contributed by atoms with van der Waals surface area (Å²) >= 11 is 0. The van der Waals surface area contributed by atoms with Gasteiger partial charge in [0.25, 0.3) is 0 Å². The van der Waals surface area contributed by atoms with Crippen molar-refractivity contribution in [3.8, 4) is 0 Å². The summed E-state index contributed by atoms with van der Waals surface area (Å²) in [6, 6.07) is 0. The van der Waals surface area contributed by atoms with E-state index in [1.54, 1.807) is 0 Å². The summed E-state index contributed by atoms with van der Waals surface area (Å²) < 4.78 is 11.5. The second-order valence-corrected chi connectivity index (χ2v) is 5.12. The summed E-state index contributed by atoms with van der Waals surface area (Å²) in [4.78, 5) is 0. The number of hydrogen-bond donors (Lipinski definition) is 1. The van der Waals surface area contributed by atoms with Crippen LogP contribution in [0.2, 0.25) is 0 Å². The lowest BCUT2D eigenvalue weighted by Crippen LogP contribution is -2.71. The molecule has 14 heavy (non-hydrogen) atoms. The van der Waals surface area contributed by atoms with Crippen molar-refractivity contribution in [1.29, 1.82) is 0 Å². The molecule has 3 fully saturated rings. The van der Waals surface area contributed by atoms with Crippen LogP contribution in [0.25, 0.3) is 0 Å². The minimum Gasteiger partial charge on any atom is -0.393 e. The highest BCUT2D eigenvalue weighted by Crippen LogP contribution is 2.58. The van der Waals surface area contributed by atoms with Gasteiger partial charge in [-0.2, -0.15) is 0 Å². The molecule has 0 aromatic carbocycles. The lowest BCUT2D eigenvalue weighted by molar-refractivity contribution is -0.315. The van der Waals surface area contributed by atoms with Crippen LogP contribution in [0.3, 0.4) is 0 Å². The topological polar surface area (TPSA) is 38.7 Å². The Morgan fingerprint density at radius 3 is 2.93 bits per heavy atom. The van der Waals surface area contributed by atoms with Crippen LogP contribution >= 0.6 is 0 Å². The van der Waals surface area contributed by atoms with E-state index >= 15 is 0 Å². The Morgan fingerprint density at radius 2 is 2.07 bits per heavy atom. The Bertz CT molecular complexity index is 243. The van der Waals surface area contributed by atoms with E-state index in [-0.39, 0.29) is 23.7 Å². The third-order valence-corrected chi connectivity index (χ3v) is 4.38. The van der Waals surface area contributed by atoms with E-state index in [0.29, 0.717) is 12.5 Å². The molecule has 3 rings (SSSR count). The molecule has 2 aliphatic carbocycles. The van der Waals surface area contributed by atoms with Crippen molar-refractivity contribution in [2.24, 2.45) is 11.3 Å². The Morgan fingerprint density at radius 1 is 1.29 bits per heavy atom. The van der Waals surface area contributed by atoms with Gasteiger partial charge in [0.15, 0.2) is 0 Å². The molecular weight excluding hydrogens is 180 g/mol. The number of aliphatic hydroxyl groups is 1. The van der Waals surface area contributed by atoms with E-state index in [1.165, 1.54) is 6.42 Å². The minimum atomic E-state index is -0.170. The van der Waals surface area contributed by atoms with Crippen molar-refractivity contribution in [2.45, 2.75) is 44.5 Å². The summed E-state index contributed by atoms with van der Waals surface area (Å²) in [5, 5.41) is 9.97. The van der Waals surface area contributed by atoms with Crippen molar-refractivity contribution in [3.05, 3.63) is 0 Å². The molecule has 0 unspecified atom stereocenters. The molecule has 0 spiro atoms. The van der Waals surface area contributed by atoms with Crippen LogP contribution in [0.15, 0.2) is 0 Å². The first-order valence-electron chi connectivity index (χ1n) is 5.65. The Labute approximate surface area is 84.4 Å². The second-order valence-electron chi connectivity index (χ2n) is 5.12. The van der Waals surface area contributed by atoms with Gasteiger partial charge in [-0.05, 0) is 12.8 Å². The zero-order valence-electron chi connectivity index (χ0n) is 8.61. The average Bonchev–Trinajstić information content (AvgIpc) is 2.16. The van der Waals surface area contributed by atoms with Gasteiger partial charge in [-0.25, -0.2) is 0 Å². The van der Waals surface area contributed by atoms with Crippen LogP contribution in [-0.4, -0.2) is 36.6 Å². The van der Waals surface area contributed by atoms with E-state index in [0.717, 1.165) is 19.4 Å². The van der Waals surface area contributed by atoms with Crippen LogP contribution < -0.4 is 0 Å². The monoisotopic (exact) mass is 198 g/mol. The number of ether oxygens (including phenoxy) is 2. The molecule has 1 heterocycles. The van der Waals surface area contributed by atoms with E-state index in [4.69, 9.17) is 9.47 Å². The van der Waals surface area contributed by atoms with Crippen molar-refractivity contribution in [1.82, 2.24) is 0 Å². The van der Waals surface area contributed by atoms with Gasteiger partial charge in [-0.1, -0.05) is 13.3 Å². The molecule has 80 valence electrons. The fraction of sp³-hybridized carbons (Fsp3) is 1.00. The molecule has 3 aliphatic rings. The van der Waals surface area contributed by atoms with E-state index < -0.39 is 0 Å². The Kier molecular flexibility index (Phi) is 1.92. The predicted octanol–water partition coefficient (Wildman–Crippen LogP) is 0.951. The highest BCUT2D eigenvalue weighted by Gasteiger charge is 2.64. The standard InChI is InChI=1S/C11H18O3/c1-11-4-2-3-7(12)8(11)9-10(11)14-6-5-13-9/h7-10,12H,2-6H2,1H3/t7-,8+,9-,10+,11+/m0/s1. The maximum atomic E-state index is 9.97. The molecule has 1 N–H and O–H groups in total. The van der Waals surface area contributed by atoms with Crippen molar-refractivity contribution >= 4 is 0 Å². The van der Waals surface area contributed by atoms with Crippen LogP contribution in [-0.2, 0) is 9.47 Å². The lowest BCUT2D eigenvalue weighted by atomic mass is 9.50. The Hall–Kier alpha value is -0.120. The zero-order chi connectivity index (χ0) is 9.76. The van der Waals surface area contributed by atoms with Gasteiger partial charge in [-0.3, -0.25) is 0 Å². The molecule has 1 saturated heterocycles. The number of fused-ring (bicyclic) bond motifs is 4. The minimum absolute atomic E-state index is 0.170. The predicted molar refractivity (Wildman–Crippen MR) is 50.9 cm³/mol. The molecule has 1 aliphatic heterocycles. The van der Waals surface area contributed by atoms with Crippen molar-refractivity contribution in [3.63, 3.8) is 0 Å². The van der Waals surface area contributed by atoms with Gasteiger partial charge in [0, 0.05) is 11.3 Å². The van der Waals surface area contributed by atoms with Crippen LogP contribution in [0.4, 0.5) is 0 Å². The first-order valence-corrected chi connectivity index (χ1v) is 5.65. The summed E-state index contributed by atoms with van der Waals surface area (Å²) in [7, 11) is 0. The van der Waals surface area contributed by atoms with Crippen molar-refractivity contribution < 1.29 is 14.6 Å². The third-order valence-electron chi connectivity index (χ3n) is 4.38. The molecule has 0 aromatic rings. The second kappa shape index (κ2) is 2.94. The van der Waals surface area contributed by atoms with Gasteiger partial charge >= 0.3 is 0 Å². The molecular formula is C11H18O3. The molecule has 0 bridgehead atoms. The van der Waals surface area contributed by atoms with Gasteiger partial charge in [0.1, 0.15) is 0 Å². The smallest absolute Gasteiger partial charge is 0.0902 e. The summed E-state index contributed by atoms with van der Waals surface area (Å²) in [5.41, 5.74) is 0.183. The lowest BCUT2D eigenvalue weighted by Gasteiger charge is -2.63. The molecule has 2 saturated carbocycles. The van der Waals surface area contributed by atoms with E-state index in [1.807, 2.05) is 0 Å². The fourth-order valence-corrected chi connectivity index (χ4v) is 3.68. The molecule has 0 amide bonds. The molecule has 3 nitrogen and oxygen atoms in total. The van der Waals surface area contributed by atoms with Crippen LogP contribution in [0, 0.1) is 11.3 Å². The van der Waals surface area contributed by atoms with Gasteiger partial charge in [0.05, 0.1) is 31.5 Å². The summed E-state index contributed by atoms with van der Waals surface area (Å²) in [6.45, 7) is 3.66. The maximum Gasteiger partial charge on any atom is 0.0902 e. The summed E-state index contributed by atoms with van der Waals surface area (Å²) in [6.07, 6.45) is 3.49. The fourth-order valence-electron chi connectivity index (χ4n) is 3.68. The highest BCUT2D eigenvalue weighted by molar-refractivity contribution is 5.13. The third kappa shape index (κ3) is 0.980. The average molecular weight is 198 g/mol. The number of aliphatic hydroxyl groups excluding tert-OH is 1. The van der Waals surface area contributed by atoms with Crippen LogP contribution in [0.1, 0.15) is 26.2 Å². The highest BCUT2D eigenvalue weighted by atomic mass is 16.6. The zero-order valence-corrected chi connectivity index (χ0v) is 8.61.